The Bertz CT molecular complexity index is 6980. The average Bonchev–Trinajstić information content (AvgIpc) is 1.53. The van der Waals surface area contributed by atoms with Crippen LogP contribution in [0.5, 0.6) is 34.5 Å². The molecule has 6 amide bonds. The summed E-state index contributed by atoms with van der Waals surface area (Å²) in [5.74, 6) is -15.6. The van der Waals surface area contributed by atoms with E-state index in [2.05, 4.69) is 31.9 Å². The van der Waals surface area contributed by atoms with Crippen LogP contribution in [0.15, 0.2) is 218 Å². The fourth-order valence-electron chi connectivity index (χ4n) is 22.5. The maximum absolute atomic E-state index is 13.3. The molecule has 0 bridgehead atoms. The summed E-state index contributed by atoms with van der Waals surface area (Å²) in [6.45, 7) is 19.0. The highest BCUT2D eigenvalue weighted by atomic mass is 16.7. The van der Waals surface area contributed by atoms with Gasteiger partial charge < -0.3 is 125 Å². The molecular formula is C108H96N12O24. The van der Waals surface area contributed by atoms with Gasteiger partial charge in [-0.25, -0.2) is 0 Å². The number of nitrogens with two attached hydrogens (primary N) is 6. The normalized spacial score (nSPS) is 26.4. The number of amides is 6. The zero-order valence-corrected chi connectivity index (χ0v) is 79.3. The molecule has 732 valence electrons. The molecule has 144 heavy (non-hydrogen) atoms. The third kappa shape index (κ3) is 12.5. The molecule has 4 unspecified atom stereocenters. The molecular weight excluding hydrogens is 1850 g/mol. The van der Waals surface area contributed by atoms with Crippen LogP contribution < -0.4 is 94.7 Å². The van der Waals surface area contributed by atoms with Crippen LogP contribution in [0.3, 0.4) is 0 Å². The van der Waals surface area contributed by atoms with Gasteiger partial charge in [0.25, 0.3) is 34.7 Å². The minimum atomic E-state index is -2.03. The second kappa shape index (κ2) is 32.2. The first-order valence-corrected chi connectivity index (χ1v) is 45.4. The average molecular weight is 1950 g/mol. The number of ether oxygens (including phenoxy) is 6. The van der Waals surface area contributed by atoms with Crippen molar-refractivity contribution in [2.24, 2.45) is 0 Å². The lowest BCUT2D eigenvalue weighted by atomic mass is 9.82. The maximum atomic E-state index is 13.3. The molecule has 12 atom stereocenters. The Labute approximate surface area is 820 Å². The summed E-state index contributed by atoms with van der Waals surface area (Å²) in [5.41, 5.74) is 37.4. The highest BCUT2D eigenvalue weighted by Crippen LogP contribution is 2.67. The summed E-state index contributed by atoms with van der Waals surface area (Å²) in [7, 11) is 0. The van der Waals surface area contributed by atoms with Gasteiger partial charge in [0.05, 0.1) is 33.4 Å². The van der Waals surface area contributed by atoms with Crippen molar-refractivity contribution in [1.82, 2.24) is 31.9 Å². The summed E-state index contributed by atoms with van der Waals surface area (Å²) in [4.78, 5) is 151. The molecule has 36 nitrogen and oxygen atoms in total. The van der Waals surface area contributed by atoms with Gasteiger partial charge in [-0.3, -0.25) is 57.5 Å². The summed E-state index contributed by atoms with van der Waals surface area (Å²) in [5, 5.41) is 84.1. The van der Waals surface area contributed by atoms with Crippen molar-refractivity contribution in [1.29, 1.82) is 0 Å². The van der Waals surface area contributed by atoms with Crippen LogP contribution in [0.2, 0.25) is 0 Å². The van der Waals surface area contributed by atoms with Crippen molar-refractivity contribution < 1.29 is 117 Å². The van der Waals surface area contributed by atoms with E-state index in [1.807, 2.05) is 47.6 Å². The summed E-state index contributed by atoms with van der Waals surface area (Å²) >= 11 is 0. The Kier molecular flexibility index (Phi) is 21.4. The van der Waals surface area contributed by atoms with Gasteiger partial charge in [0.2, 0.25) is 103 Å². The van der Waals surface area contributed by atoms with Crippen LogP contribution in [0.1, 0.15) is 204 Å². The fourth-order valence-corrected chi connectivity index (χ4v) is 22.5. The third-order valence-electron chi connectivity index (χ3n) is 28.2. The van der Waals surface area contributed by atoms with Crippen molar-refractivity contribution >= 4 is 104 Å². The van der Waals surface area contributed by atoms with E-state index < -0.39 is 138 Å². The molecule has 0 aromatic heterocycles. The zero-order valence-electron chi connectivity index (χ0n) is 79.3. The number of carbonyl (C=O) groups is 12. The molecule has 24 N–H and O–H groups in total. The Morgan fingerprint density at radius 3 is 0.535 bits per heavy atom. The van der Waals surface area contributed by atoms with Gasteiger partial charge in [0.15, 0.2) is 0 Å². The number of Topliss-reactive ketones (excluding diaryl/α,β-unsaturated/α-hetero) is 6. The molecule has 6 aliphatic carbocycles. The number of aryl methyl sites for hydroxylation is 6. The van der Waals surface area contributed by atoms with Crippen LogP contribution in [-0.2, 0) is 96.7 Å². The number of carbonyl (C=O) groups excluding carboxylic acids is 12. The van der Waals surface area contributed by atoms with Gasteiger partial charge >= 0.3 is 0 Å². The topological polar surface area (TPSA) is 610 Å². The number of hydrogen-bond acceptors (Lipinski definition) is 30. The summed E-state index contributed by atoms with van der Waals surface area (Å²) in [6.07, 6.45) is 0. The number of ketones is 6. The fraction of sp³-hybridized carbons (Fsp3) is 0.222. The Morgan fingerprint density at radius 1 is 0.208 bits per heavy atom. The van der Waals surface area contributed by atoms with E-state index in [9.17, 15) is 88.2 Å². The maximum Gasteiger partial charge on any atom is 0.271 e. The number of fused-ring (bicyclic) bond motifs is 30. The Morgan fingerprint density at radius 2 is 0.361 bits per heavy atom. The molecule has 0 saturated heterocycles. The molecule has 24 rings (SSSR count). The Hall–Kier alpha value is -17.2. The van der Waals surface area contributed by atoms with Gasteiger partial charge in [-0.1, -0.05) is 145 Å². The molecule has 6 aliphatic heterocycles. The van der Waals surface area contributed by atoms with Crippen LogP contribution in [0.4, 0.5) is 34.1 Å². The smallest absolute Gasteiger partial charge is 0.271 e. The monoisotopic (exact) mass is 1940 g/mol. The van der Waals surface area contributed by atoms with E-state index in [0.29, 0.717) is 67.9 Å². The van der Waals surface area contributed by atoms with Crippen molar-refractivity contribution in [2.45, 2.75) is 151 Å². The summed E-state index contributed by atoms with van der Waals surface area (Å²) in [6, 6.07) is 60.2. The van der Waals surface area contributed by atoms with E-state index in [0.717, 1.165) is 33.4 Å². The molecule has 12 aromatic rings. The minimum Gasteiger partial charge on any atom is -0.454 e. The lowest BCUT2D eigenvalue weighted by molar-refractivity contribution is -0.175. The molecule has 12 aliphatic rings. The van der Waals surface area contributed by atoms with Crippen LogP contribution in [-0.4, -0.2) is 101 Å². The van der Waals surface area contributed by atoms with Gasteiger partial charge in [-0.15, -0.1) is 0 Å². The lowest BCUT2D eigenvalue weighted by Crippen LogP contribution is -2.59. The quantitative estimate of drug-likeness (QED) is 0.0700. The third-order valence-corrected chi connectivity index (χ3v) is 28.2. The number of aliphatic hydroxyl groups is 6. The second-order valence-corrected chi connectivity index (χ2v) is 37.7. The Balaban J connectivity index is 0.000000109. The van der Waals surface area contributed by atoms with Crippen LogP contribution in [0.25, 0.3) is 0 Å². The van der Waals surface area contributed by atoms with Crippen molar-refractivity contribution in [3.05, 3.63) is 352 Å². The molecule has 36 heteroatoms. The van der Waals surface area contributed by atoms with Crippen LogP contribution >= 0.6 is 0 Å². The first-order valence-electron chi connectivity index (χ1n) is 45.4. The van der Waals surface area contributed by atoms with E-state index in [-0.39, 0.29) is 101 Å². The van der Waals surface area contributed by atoms with Crippen LogP contribution in [0, 0.1) is 41.5 Å². The van der Waals surface area contributed by atoms with E-state index in [1.54, 1.807) is 212 Å². The SMILES string of the molecule is CC(=O)NC12C(=O)c3c(N)cccc3C1(O)Oc1cc(C)ccc12.CC(=O)NC12C(=O)c3c(N)cccc3C1(O)Oc1ccc(C)cc12.CC(=O)N[C@@]12C(=O)c3c(N)cccc3[C@]1(O)Oc1cc(C)ccc12.CC(=O)N[C@@]12C(=O)c3c(N)cccc3[C@]1(O)Oc1cc(C)ccc12.CC(=O)N[C@]12C(=O)c3c(N)cccc3[C@@]1(O)Oc1cc(C)ccc12.CC(=O)N[C@]12C(=O)c3c(N)cccc3[C@@]1(O)Oc1cc(C)ccc12. The predicted octanol–water partition coefficient (Wildman–Crippen LogP) is 8.06. The number of nitrogen functional groups attached to an aromatic ring is 6. The molecule has 6 heterocycles. The first-order chi connectivity index (χ1) is 67.9. The van der Waals surface area contributed by atoms with Crippen molar-refractivity contribution in [2.75, 3.05) is 34.4 Å². The number of anilines is 6. The predicted molar refractivity (Wildman–Crippen MR) is 518 cm³/mol. The number of hydrogen-bond donors (Lipinski definition) is 18. The molecule has 0 radical (unpaired) electrons. The lowest BCUT2D eigenvalue weighted by Gasteiger charge is -2.34. The highest BCUT2D eigenvalue weighted by molar-refractivity contribution is 6.20. The van der Waals surface area contributed by atoms with Gasteiger partial charge in [0.1, 0.15) is 34.5 Å². The van der Waals surface area contributed by atoms with Gasteiger partial charge in [-0.2, -0.15) is 0 Å². The standard InChI is InChI=1S/6C18H16N2O4/c5*1-9-6-7-11-14(8-9)24-18(23)12-4-3-5-13(19)15(12)16(22)17(11,18)20-10(2)21;1-9-6-7-14-12(8-9)17(20-10(2)21)16(22)15-11(18(17,23)24-14)4-3-5-13(15)19/h6*3-8,23H,19H2,1-2H3,(H,20,21)/t4*17-,18-;;/m1100../s1. The number of nitrogens with one attached hydrogen (secondary N) is 6. The first kappa shape index (κ1) is 95.7. The van der Waals surface area contributed by atoms with E-state index in [1.165, 1.54) is 41.5 Å². The minimum absolute atomic E-state index is 0.181. The molecule has 0 fully saturated rings. The van der Waals surface area contributed by atoms with Gasteiger partial charge in [-0.05, 0) is 148 Å². The molecule has 0 saturated carbocycles. The van der Waals surface area contributed by atoms with Crippen molar-refractivity contribution in [3.8, 4) is 34.5 Å². The molecule has 0 spiro atoms. The number of rotatable bonds is 6. The van der Waals surface area contributed by atoms with E-state index in [4.69, 9.17) is 62.8 Å². The second-order valence-electron chi connectivity index (χ2n) is 37.7. The number of benzene rings is 12. The molecule has 12 aromatic carbocycles. The highest BCUT2D eigenvalue weighted by Gasteiger charge is 2.78. The summed E-state index contributed by atoms with van der Waals surface area (Å²) < 4.78 is 34.9. The zero-order chi connectivity index (χ0) is 104. The van der Waals surface area contributed by atoms with Crippen molar-refractivity contribution in [3.63, 3.8) is 0 Å². The van der Waals surface area contributed by atoms with E-state index >= 15 is 0 Å². The largest absolute Gasteiger partial charge is 0.454 e. The van der Waals surface area contributed by atoms with Gasteiger partial charge in [0, 0.05) is 142 Å².